The number of benzene rings is 1. The minimum absolute atomic E-state index is 0.0178. The van der Waals surface area contributed by atoms with Gasteiger partial charge in [-0.25, -0.2) is 9.18 Å². The largest absolute Gasteiger partial charge is 0.322 e. The number of nitrogens with one attached hydrogen (secondary N) is 1. The van der Waals surface area contributed by atoms with Gasteiger partial charge >= 0.3 is 6.03 Å². The molecular formula is C13H16ClFN2O. The van der Waals surface area contributed by atoms with E-state index < -0.39 is 5.82 Å². The van der Waals surface area contributed by atoms with Crippen LogP contribution in [0.1, 0.15) is 13.8 Å². The fourth-order valence-corrected chi connectivity index (χ4v) is 1.61. The number of hydrogen-bond donors (Lipinski definition) is 1. The highest BCUT2D eigenvalue weighted by Gasteiger charge is 2.12. The van der Waals surface area contributed by atoms with Crippen molar-refractivity contribution in [3.8, 4) is 0 Å². The number of carbonyl (C=O) groups is 1. The van der Waals surface area contributed by atoms with Gasteiger partial charge in [0.05, 0.1) is 5.02 Å². The third-order valence-corrected chi connectivity index (χ3v) is 2.59. The van der Waals surface area contributed by atoms with E-state index >= 15 is 0 Å². The highest BCUT2D eigenvalue weighted by Crippen LogP contribution is 2.19. The first-order valence-corrected chi connectivity index (χ1v) is 5.97. The molecule has 1 N–H and O–H groups in total. The summed E-state index contributed by atoms with van der Waals surface area (Å²) in [6.07, 6.45) is 0. The fraction of sp³-hybridized carbons (Fsp3) is 0.308. The number of halogens is 2. The second-order valence-electron chi connectivity index (χ2n) is 4.03. The van der Waals surface area contributed by atoms with Gasteiger partial charge in [0, 0.05) is 18.8 Å². The van der Waals surface area contributed by atoms with Crippen molar-refractivity contribution in [3.05, 3.63) is 41.2 Å². The number of likely N-dealkylation sites (N-methyl/N-ethyl adjacent to an activating group) is 1. The van der Waals surface area contributed by atoms with E-state index in [1.165, 1.54) is 18.2 Å². The monoisotopic (exact) mass is 270 g/mol. The molecule has 0 aliphatic rings. The van der Waals surface area contributed by atoms with E-state index in [0.717, 1.165) is 5.57 Å². The summed E-state index contributed by atoms with van der Waals surface area (Å²) in [6, 6.07) is 3.80. The van der Waals surface area contributed by atoms with Crippen molar-refractivity contribution in [1.82, 2.24) is 4.90 Å². The highest BCUT2D eigenvalue weighted by molar-refractivity contribution is 6.31. The van der Waals surface area contributed by atoms with Crippen LogP contribution in [0.2, 0.25) is 5.02 Å². The maximum Gasteiger partial charge on any atom is 0.322 e. The maximum absolute atomic E-state index is 13.0. The second kappa shape index (κ2) is 6.40. The van der Waals surface area contributed by atoms with Crippen LogP contribution in [0.15, 0.2) is 30.4 Å². The molecule has 98 valence electrons. The molecule has 1 aromatic rings. The molecule has 0 bridgehead atoms. The Hall–Kier alpha value is -1.55. The third kappa shape index (κ3) is 4.04. The summed E-state index contributed by atoms with van der Waals surface area (Å²) in [5.74, 6) is -0.510. The Labute approximate surface area is 111 Å². The van der Waals surface area contributed by atoms with E-state index in [0.29, 0.717) is 18.8 Å². The van der Waals surface area contributed by atoms with E-state index in [4.69, 9.17) is 11.6 Å². The molecule has 0 spiro atoms. The van der Waals surface area contributed by atoms with Crippen LogP contribution in [0.3, 0.4) is 0 Å². The van der Waals surface area contributed by atoms with Crippen molar-refractivity contribution in [2.24, 2.45) is 0 Å². The Morgan fingerprint density at radius 2 is 2.22 bits per heavy atom. The van der Waals surface area contributed by atoms with Crippen LogP contribution in [0.25, 0.3) is 0 Å². The third-order valence-electron chi connectivity index (χ3n) is 2.30. The fourth-order valence-electron chi connectivity index (χ4n) is 1.43. The Kier molecular flexibility index (Phi) is 5.16. The molecule has 1 rings (SSSR count). The van der Waals surface area contributed by atoms with E-state index in [-0.39, 0.29) is 11.1 Å². The topological polar surface area (TPSA) is 32.3 Å². The standard InChI is InChI=1S/C13H16ClFN2O/c1-4-17(8-9(2)3)13(18)16-10-5-6-12(15)11(14)7-10/h5-7H,2,4,8H2,1,3H3,(H,16,18). The summed E-state index contributed by atoms with van der Waals surface area (Å²) in [6.45, 7) is 8.54. The first-order chi connectivity index (χ1) is 8.43. The van der Waals surface area contributed by atoms with Crippen molar-refractivity contribution >= 4 is 23.3 Å². The van der Waals surface area contributed by atoms with Gasteiger partial charge in [-0.3, -0.25) is 0 Å². The molecular weight excluding hydrogens is 255 g/mol. The number of amides is 2. The lowest BCUT2D eigenvalue weighted by Crippen LogP contribution is -2.35. The summed E-state index contributed by atoms with van der Waals surface area (Å²) in [5.41, 5.74) is 1.36. The number of nitrogens with zero attached hydrogens (tertiary/aromatic N) is 1. The van der Waals surface area contributed by atoms with Gasteiger partial charge in [-0.2, -0.15) is 0 Å². The van der Waals surface area contributed by atoms with Gasteiger partial charge < -0.3 is 10.2 Å². The molecule has 0 radical (unpaired) electrons. The first kappa shape index (κ1) is 14.5. The van der Waals surface area contributed by atoms with Crippen molar-refractivity contribution in [3.63, 3.8) is 0 Å². The summed E-state index contributed by atoms with van der Waals surface area (Å²) in [7, 11) is 0. The molecule has 0 aromatic heterocycles. The van der Waals surface area contributed by atoms with Gasteiger partial charge in [0.1, 0.15) is 5.82 Å². The number of hydrogen-bond acceptors (Lipinski definition) is 1. The van der Waals surface area contributed by atoms with Gasteiger partial charge in [0.25, 0.3) is 0 Å². The van der Waals surface area contributed by atoms with Crippen molar-refractivity contribution in [1.29, 1.82) is 0 Å². The van der Waals surface area contributed by atoms with Gasteiger partial charge in [0.2, 0.25) is 0 Å². The molecule has 0 saturated heterocycles. The van der Waals surface area contributed by atoms with Gasteiger partial charge in [-0.05, 0) is 32.0 Å². The molecule has 0 aliphatic carbocycles. The van der Waals surface area contributed by atoms with Crippen LogP contribution < -0.4 is 5.32 Å². The summed E-state index contributed by atoms with van der Waals surface area (Å²) >= 11 is 5.64. The zero-order valence-corrected chi connectivity index (χ0v) is 11.2. The summed E-state index contributed by atoms with van der Waals surface area (Å²) < 4.78 is 13.0. The zero-order chi connectivity index (χ0) is 13.7. The number of carbonyl (C=O) groups excluding carboxylic acids is 1. The van der Waals surface area contributed by atoms with Crippen LogP contribution in [-0.4, -0.2) is 24.0 Å². The summed E-state index contributed by atoms with van der Waals surface area (Å²) in [4.78, 5) is 13.5. The van der Waals surface area contributed by atoms with Crippen molar-refractivity contribution < 1.29 is 9.18 Å². The van der Waals surface area contributed by atoms with Crippen molar-refractivity contribution in [2.75, 3.05) is 18.4 Å². The number of anilines is 1. The molecule has 2 amide bonds. The van der Waals surface area contributed by atoms with E-state index in [9.17, 15) is 9.18 Å². The predicted molar refractivity (Wildman–Crippen MR) is 72.5 cm³/mol. The van der Waals surface area contributed by atoms with E-state index in [1.54, 1.807) is 4.90 Å². The Bertz CT molecular complexity index is 462. The average molecular weight is 271 g/mol. The van der Waals surface area contributed by atoms with E-state index in [1.807, 2.05) is 13.8 Å². The molecule has 5 heteroatoms. The Balaban J connectivity index is 2.73. The molecule has 0 unspecified atom stereocenters. The van der Waals surface area contributed by atoms with Gasteiger partial charge in [-0.15, -0.1) is 0 Å². The first-order valence-electron chi connectivity index (χ1n) is 5.59. The number of urea groups is 1. The Morgan fingerprint density at radius 3 is 2.72 bits per heavy atom. The van der Waals surface area contributed by atoms with Gasteiger partial charge in [0.15, 0.2) is 0 Å². The number of rotatable bonds is 4. The lowest BCUT2D eigenvalue weighted by atomic mass is 10.3. The molecule has 1 aromatic carbocycles. The normalized spacial score (nSPS) is 10.0. The molecule has 0 aliphatic heterocycles. The lowest BCUT2D eigenvalue weighted by Gasteiger charge is -2.21. The smallest absolute Gasteiger partial charge is 0.321 e. The van der Waals surface area contributed by atoms with Gasteiger partial charge in [-0.1, -0.05) is 23.8 Å². The van der Waals surface area contributed by atoms with Crippen LogP contribution in [0, 0.1) is 5.82 Å². The lowest BCUT2D eigenvalue weighted by molar-refractivity contribution is 0.218. The average Bonchev–Trinajstić information content (AvgIpc) is 2.30. The molecule has 0 fully saturated rings. The molecule has 0 atom stereocenters. The van der Waals surface area contributed by atoms with E-state index in [2.05, 4.69) is 11.9 Å². The van der Waals surface area contributed by atoms with Crippen LogP contribution in [-0.2, 0) is 0 Å². The minimum Gasteiger partial charge on any atom is -0.321 e. The Morgan fingerprint density at radius 1 is 1.56 bits per heavy atom. The summed E-state index contributed by atoms with van der Waals surface area (Å²) in [5, 5.41) is 2.64. The van der Waals surface area contributed by atoms with Crippen molar-refractivity contribution in [2.45, 2.75) is 13.8 Å². The van der Waals surface area contributed by atoms with Crippen LogP contribution >= 0.6 is 11.6 Å². The second-order valence-corrected chi connectivity index (χ2v) is 4.44. The predicted octanol–water partition coefficient (Wildman–Crippen LogP) is 3.91. The SMILES string of the molecule is C=C(C)CN(CC)C(=O)Nc1ccc(F)c(Cl)c1. The quantitative estimate of drug-likeness (QED) is 0.827. The molecule has 0 saturated carbocycles. The highest BCUT2D eigenvalue weighted by atomic mass is 35.5. The molecule has 3 nitrogen and oxygen atoms in total. The molecule has 18 heavy (non-hydrogen) atoms. The zero-order valence-electron chi connectivity index (χ0n) is 10.5. The van der Waals surface area contributed by atoms with Crippen LogP contribution in [0.4, 0.5) is 14.9 Å². The molecule has 0 heterocycles. The maximum atomic E-state index is 13.0. The van der Waals surface area contributed by atoms with Crippen LogP contribution in [0.5, 0.6) is 0 Å². The minimum atomic E-state index is -0.510.